The van der Waals surface area contributed by atoms with Crippen molar-refractivity contribution in [3.63, 3.8) is 0 Å². The van der Waals surface area contributed by atoms with E-state index in [1.54, 1.807) is 0 Å². The molecule has 0 radical (unpaired) electrons. The number of pyridine rings is 1. The van der Waals surface area contributed by atoms with Gasteiger partial charge in [-0.2, -0.15) is 0 Å². The topological polar surface area (TPSA) is 33.1 Å². The van der Waals surface area contributed by atoms with E-state index in [1.165, 1.54) is 31.4 Å². The van der Waals surface area contributed by atoms with Crippen LogP contribution < -0.4 is 5.32 Å². The Morgan fingerprint density at radius 1 is 1.19 bits per heavy atom. The zero-order valence-corrected chi connectivity index (χ0v) is 16.5. The van der Waals surface area contributed by atoms with Crippen molar-refractivity contribution in [3.05, 3.63) is 54.1 Å². The minimum absolute atomic E-state index is 0.0949. The third-order valence-corrected chi connectivity index (χ3v) is 5.94. The summed E-state index contributed by atoms with van der Waals surface area (Å²) in [6.45, 7) is 5.46. The van der Waals surface area contributed by atoms with Gasteiger partial charge in [-0.1, -0.05) is 32.8 Å². The molecule has 4 rings (SSSR count). The lowest BCUT2D eigenvalue weighted by molar-refractivity contribution is 0.271. The normalized spacial score (nSPS) is 23.8. The molecule has 2 aromatic heterocycles. The quantitative estimate of drug-likeness (QED) is 0.780. The Morgan fingerprint density at radius 3 is 2.69 bits per heavy atom. The second-order valence-corrected chi connectivity index (χ2v) is 8.34. The van der Waals surface area contributed by atoms with E-state index in [4.69, 9.17) is 12.2 Å². The standard InChI is InChI=1S/C21H28N4S/c1-15(2)14-25-20(18-11-7-13-24(18)16-8-3-4-9-16)19(23-21(25)26)17-10-5-6-12-22-17/h5-7,10-13,15-16,19-20H,3-4,8-9,14H2,1-2H3,(H,23,26)/t19-,20+/m0/s1. The van der Waals surface area contributed by atoms with Crippen molar-refractivity contribution in [1.82, 2.24) is 19.8 Å². The molecule has 1 saturated heterocycles. The van der Waals surface area contributed by atoms with Gasteiger partial charge in [-0.15, -0.1) is 0 Å². The molecule has 138 valence electrons. The number of rotatable bonds is 5. The molecule has 0 unspecified atom stereocenters. The lowest BCUT2D eigenvalue weighted by Gasteiger charge is -2.31. The molecule has 3 heterocycles. The molecule has 0 amide bonds. The minimum atomic E-state index is 0.0949. The van der Waals surface area contributed by atoms with Gasteiger partial charge in [0.25, 0.3) is 0 Å². The SMILES string of the molecule is CC(C)CN1C(=S)N[C@@H](c2ccccn2)[C@H]1c1cccn1C1CCCC1. The highest BCUT2D eigenvalue weighted by Gasteiger charge is 2.41. The van der Waals surface area contributed by atoms with Crippen molar-refractivity contribution in [2.45, 2.75) is 57.7 Å². The summed E-state index contributed by atoms with van der Waals surface area (Å²) in [6, 6.07) is 11.5. The molecule has 0 aromatic carbocycles. The summed E-state index contributed by atoms with van der Waals surface area (Å²) in [7, 11) is 0. The maximum Gasteiger partial charge on any atom is 0.170 e. The molecule has 0 bridgehead atoms. The highest BCUT2D eigenvalue weighted by molar-refractivity contribution is 7.80. The summed E-state index contributed by atoms with van der Waals surface area (Å²) in [6.07, 6.45) is 9.37. The van der Waals surface area contributed by atoms with E-state index in [9.17, 15) is 0 Å². The van der Waals surface area contributed by atoms with Gasteiger partial charge in [-0.3, -0.25) is 4.98 Å². The molecule has 2 fully saturated rings. The summed E-state index contributed by atoms with van der Waals surface area (Å²) in [5, 5.41) is 4.41. The summed E-state index contributed by atoms with van der Waals surface area (Å²) in [5.41, 5.74) is 2.42. The smallest absolute Gasteiger partial charge is 0.170 e. The first-order valence-electron chi connectivity index (χ1n) is 9.80. The first-order chi connectivity index (χ1) is 12.6. The maximum atomic E-state index is 5.74. The van der Waals surface area contributed by atoms with E-state index >= 15 is 0 Å². The average Bonchev–Trinajstić information content (AvgIpc) is 3.35. The molecular formula is C21H28N4S. The molecule has 5 heteroatoms. The van der Waals surface area contributed by atoms with Crippen LogP contribution in [0.15, 0.2) is 42.7 Å². The van der Waals surface area contributed by atoms with Crippen LogP contribution in [0.2, 0.25) is 0 Å². The summed E-state index contributed by atoms with van der Waals surface area (Å²) in [5.74, 6) is 0.551. The molecule has 26 heavy (non-hydrogen) atoms. The summed E-state index contributed by atoms with van der Waals surface area (Å²) >= 11 is 5.74. The van der Waals surface area contributed by atoms with Crippen LogP contribution in [0, 0.1) is 5.92 Å². The van der Waals surface area contributed by atoms with Crippen molar-refractivity contribution in [2.75, 3.05) is 6.54 Å². The number of aromatic nitrogens is 2. The number of hydrogen-bond donors (Lipinski definition) is 1. The van der Waals surface area contributed by atoms with Crippen molar-refractivity contribution in [1.29, 1.82) is 0 Å². The van der Waals surface area contributed by atoms with Crippen LogP contribution in [-0.4, -0.2) is 26.1 Å². The van der Waals surface area contributed by atoms with E-state index in [-0.39, 0.29) is 12.1 Å². The molecule has 4 nitrogen and oxygen atoms in total. The van der Waals surface area contributed by atoms with Gasteiger partial charge in [0.05, 0.1) is 17.8 Å². The van der Waals surface area contributed by atoms with Gasteiger partial charge in [0.15, 0.2) is 5.11 Å². The predicted molar refractivity (Wildman–Crippen MR) is 109 cm³/mol. The summed E-state index contributed by atoms with van der Waals surface area (Å²) < 4.78 is 2.51. The van der Waals surface area contributed by atoms with Crippen molar-refractivity contribution in [2.24, 2.45) is 5.92 Å². The van der Waals surface area contributed by atoms with E-state index in [2.05, 4.69) is 64.1 Å². The fraction of sp³-hybridized carbons (Fsp3) is 0.524. The largest absolute Gasteiger partial charge is 0.352 e. The fourth-order valence-corrected chi connectivity index (χ4v) is 4.80. The predicted octanol–water partition coefficient (Wildman–Crippen LogP) is 4.63. The van der Waals surface area contributed by atoms with Crippen molar-refractivity contribution in [3.8, 4) is 0 Å². The zero-order chi connectivity index (χ0) is 18.1. The van der Waals surface area contributed by atoms with Gasteiger partial charge in [0.1, 0.15) is 0 Å². The molecule has 2 atom stereocenters. The van der Waals surface area contributed by atoms with Crippen LogP contribution in [0.4, 0.5) is 0 Å². The second kappa shape index (κ2) is 7.39. The Kier molecular flexibility index (Phi) is 4.98. The fourth-order valence-electron chi connectivity index (χ4n) is 4.49. The zero-order valence-electron chi connectivity index (χ0n) is 15.6. The van der Waals surface area contributed by atoms with E-state index in [0.29, 0.717) is 12.0 Å². The Hall–Kier alpha value is -1.88. The number of thiocarbonyl (C=S) groups is 1. The highest BCUT2D eigenvalue weighted by Crippen LogP contribution is 2.41. The van der Waals surface area contributed by atoms with Crippen LogP contribution in [0.5, 0.6) is 0 Å². The van der Waals surface area contributed by atoms with Crippen LogP contribution in [0.3, 0.4) is 0 Å². The molecule has 2 aliphatic rings. The number of nitrogens with zero attached hydrogens (tertiary/aromatic N) is 3. The molecule has 2 aromatic rings. The number of hydrogen-bond acceptors (Lipinski definition) is 2. The van der Waals surface area contributed by atoms with Gasteiger partial charge >= 0.3 is 0 Å². The van der Waals surface area contributed by atoms with Gasteiger partial charge in [-0.25, -0.2) is 0 Å². The second-order valence-electron chi connectivity index (χ2n) is 7.95. The van der Waals surface area contributed by atoms with Gasteiger partial charge in [0.2, 0.25) is 0 Å². The lowest BCUT2D eigenvalue weighted by atomic mass is 10.00. The van der Waals surface area contributed by atoms with Crippen LogP contribution in [0.25, 0.3) is 0 Å². The minimum Gasteiger partial charge on any atom is -0.352 e. The maximum absolute atomic E-state index is 5.74. The Balaban J connectivity index is 1.75. The molecule has 1 saturated carbocycles. The van der Waals surface area contributed by atoms with Crippen LogP contribution >= 0.6 is 12.2 Å². The van der Waals surface area contributed by atoms with Crippen LogP contribution in [-0.2, 0) is 0 Å². The van der Waals surface area contributed by atoms with E-state index in [0.717, 1.165) is 17.4 Å². The Morgan fingerprint density at radius 2 is 2.00 bits per heavy atom. The van der Waals surface area contributed by atoms with E-state index in [1.807, 2.05) is 12.3 Å². The van der Waals surface area contributed by atoms with Gasteiger partial charge in [0, 0.05) is 30.7 Å². The third-order valence-electron chi connectivity index (χ3n) is 5.59. The monoisotopic (exact) mass is 368 g/mol. The van der Waals surface area contributed by atoms with Gasteiger partial charge < -0.3 is 14.8 Å². The highest BCUT2D eigenvalue weighted by atomic mass is 32.1. The molecule has 1 aliphatic heterocycles. The number of nitrogens with one attached hydrogen (secondary N) is 1. The van der Waals surface area contributed by atoms with Crippen molar-refractivity contribution < 1.29 is 0 Å². The molecule has 1 aliphatic carbocycles. The van der Waals surface area contributed by atoms with Gasteiger partial charge in [-0.05, 0) is 55.2 Å². The van der Waals surface area contributed by atoms with E-state index < -0.39 is 0 Å². The molecule has 1 N–H and O–H groups in total. The van der Waals surface area contributed by atoms with Crippen molar-refractivity contribution >= 4 is 17.3 Å². The Bertz CT molecular complexity index is 748. The molecular weight excluding hydrogens is 340 g/mol. The molecule has 0 spiro atoms. The third kappa shape index (κ3) is 3.25. The van der Waals surface area contributed by atoms with Crippen LogP contribution in [0.1, 0.15) is 69.0 Å². The Labute approximate surface area is 161 Å². The summed E-state index contributed by atoms with van der Waals surface area (Å²) in [4.78, 5) is 7.01. The first-order valence-corrected chi connectivity index (χ1v) is 10.2. The average molecular weight is 369 g/mol. The first kappa shape index (κ1) is 17.5. The lowest BCUT2D eigenvalue weighted by Crippen LogP contribution is -2.33.